The van der Waals surface area contributed by atoms with E-state index in [0.717, 1.165) is 23.5 Å². The summed E-state index contributed by atoms with van der Waals surface area (Å²) < 4.78 is 11.7. The van der Waals surface area contributed by atoms with Gasteiger partial charge in [0.15, 0.2) is 11.5 Å². The second-order valence-corrected chi connectivity index (χ2v) is 7.66. The molecule has 0 radical (unpaired) electrons. The maximum Gasteiger partial charge on any atom is 0.161 e. The molecule has 22 heavy (non-hydrogen) atoms. The molecule has 0 amide bonds. The first-order chi connectivity index (χ1) is 10.8. The van der Waals surface area contributed by atoms with Gasteiger partial charge >= 0.3 is 0 Å². The fourth-order valence-electron chi connectivity index (χ4n) is 5.74. The quantitative estimate of drug-likeness (QED) is 0.734. The molecule has 5 rings (SSSR count). The molecule has 0 N–H and O–H groups in total. The molecule has 2 heterocycles. The topological polar surface area (TPSA) is 21.7 Å². The normalized spacial score (nSPS) is 36.4. The monoisotopic (exact) mass is 299 g/mol. The maximum absolute atomic E-state index is 5.89. The molecule has 2 aliphatic carbocycles. The van der Waals surface area contributed by atoms with Crippen LogP contribution in [-0.2, 0) is 11.8 Å². The van der Waals surface area contributed by atoms with Crippen molar-refractivity contribution in [3.05, 3.63) is 23.3 Å². The minimum Gasteiger partial charge on any atom is -0.486 e. The largest absolute Gasteiger partial charge is 0.486 e. The number of hydrogen-bond acceptors (Lipinski definition) is 3. The van der Waals surface area contributed by atoms with Crippen LogP contribution in [0.1, 0.15) is 43.2 Å². The Kier molecular flexibility index (Phi) is 2.79. The van der Waals surface area contributed by atoms with Gasteiger partial charge in [-0.15, -0.1) is 0 Å². The number of hydrogen-bond donors (Lipinski definition) is 0. The molecule has 3 nitrogen and oxygen atoms in total. The minimum atomic E-state index is 0.416. The van der Waals surface area contributed by atoms with E-state index >= 15 is 0 Å². The standard InChI is InChI=1S/C19H25NO2/c1-20-7-6-19-5-3-2-4-14(19)16(20)10-13-11-17-18(12-15(13)19)22-9-8-21-17/h11-12,14,16H,2-10H2,1H3/t14-,16+,19+/m0/s1. The van der Waals surface area contributed by atoms with Gasteiger partial charge in [0.1, 0.15) is 13.2 Å². The van der Waals surface area contributed by atoms with Crippen LogP contribution in [-0.4, -0.2) is 37.7 Å². The lowest BCUT2D eigenvalue weighted by molar-refractivity contribution is 0.00241. The number of rotatable bonds is 0. The molecule has 3 heteroatoms. The molecule has 0 aromatic heterocycles. The fraction of sp³-hybridized carbons (Fsp3) is 0.684. The third-order valence-corrected chi connectivity index (χ3v) is 6.77. The van der Waals surface area contributed by atoms with E-state index in [1.54, 1.807) is 5.56 Å². The summed E-state index contributed by atoms with van der Waals surface area (Å²) in [6.07, 6.45) is 8.08. The van der Waals surface area contributed by atoms with E-state index in [9.17, 15) is 0 Å². The molecular weight excluding hydrogens is 274 g/mol. The average Bonchev–Trinajstić information content (AvgIpc) is 2.57. The summed E-state index contributed by atoms with van der Waals surface area (Å²) in [5, 5.41) is 0. The summed E-state index contributed by atoms with van der Waals surface area (Å²) in [7, 11) is 2.33. The number of fused-ring (bicyclic) bond motifs is 2. The van der Waals surface area contributed by atoms with Gasteiger partial charge in [-0.25, -0.2) is 0 Å². The number of benzene rings is 1. The first kappa shape index (κ1) is 13.2. The summed E-state index contributed by atoms with van der Waals surface area (Å²) in [6.45, 7) is 2.62. The van der Waals surface area contributed by atoms with Crippen molar-refractivity contribution in [1.29, 1.82) is 0 Å². The second-order valence-electron chi connectivity index (χ2n) is 7.66. The van der Waals surface area contributed by atoms with E-state index in [-0.39, 0.29) is 0 Å². The Morgan fingerprint density at radius 3 is 2.77 bits per heavy atom. The lowest BCUT2D eigenvalue weighted by Crippen LogP contribution is -2.59. The Balaban J connectivity index is 1.69. The SMILES string of the molecule is CN1CC[C@]23CCCC[C@H]2[C@H]1Cc1cc2c(cc13)OCCO2. The zero-order valence-corrected chi connectivity index (χ0v) is 13.4. The van der Waals surface area contributed by atoms with Crippen LogP contribution >= 0.6 is 0 Å². The highest BCUT2D eigenvalue weighted by molar-refractivity contribution is 5.53. The van der Waals surface area contributed by atoms with Gasteiger partial charge in [-0.2, -0.15) is 0 Å². The van der Waals surface area contributed by atoms with Crippen molar-refractivity contribution in [2.45, 2.75) is 50.0 Å². The Bertz CT molecular complexity index is 614. The van der Waals surface area contributed by atoms with Crippen LogP contribution in [0.3, 0.4) is 0 Å². The molecule has 0 unspecified atom stereocenters. The highest BCUT2D eigenvalue weighted by Crippen LogP contribution is 2.56. The predicted octanol–water partition coefficient (Wildman–Crippen LogP) is 3.15. The van der Waals surface area contributed by atoms with Crippen LogP contribution < -0.4 is 9.47 Å². The number of ether oxygens (including phenoxy) is 2. The van der Waals surface area contributed by atoms with E-state index in [1.165, 1.54) is 50.6 Å². The molecule has 0 spiro atoms. The summed E-state index contributed by atoms with van der Waals surface area (Å²) >= 11 is 0. The number of likely N-dealkylation sites (tertiary alicyclic amines) is 1. The Morgan fingerprint density at radius 2 is 1.91 bits per heavy atom. The van der Waals surface area contributed by atoms with Gasteiger partial charge in [-0.05, 0) is 68.5 Å². The predicted molar refractivity (Wildman–Crippen MR) is 85.8 cm³/mol. The third-order valence-electron chi connectivity index (χ3n) is 6.77. The van der Waals surface area contributed by atoms with E-state index < -0.39 is 0 Å². The lowest BCUT2D eigenvalue weighted by atomic mass is 9.52. The van der Waals surface area contributed by atoms with Crippen LogP contribution in [0.4, 0.5) is 0 Å². The number of likely N-dealkylation sites (N-methyl/N-ethyl adjacent to an activating group) is 1. The van der Waals surface area contributed by atoms with Gasteiger partial charge in [0.2, 0.25) is 0 Å². The summed E-state index contributed by atoms with van der Waals surface area (Å²) in [6, 6.07) is 5.37. The number of piperidine rings is 1. The van der Waals surface area contributed by atoms with Gasteiger partial charge in [0, 0.05) is 11.5 Å². The minimum absolute atomic E-state index is 0.416. The zero-order valence-electron chi connectivity index (χ0n) is 13.4. The van der Waals surface area contributed by atoms with Crippen LogP contribution in [0.25, 0.3) is 0 Å². The van der Waals surface area contributed by atoms with Crippen molar-refractivity contribution in [3.63, 3.8) is 0 Å². The number of nitrogens with zero attached hydrogens (tertiary/aromatic N) is 1. The molecule has 2 fully saturated rings. The smallest absolute Gasteiger partial charge is 0.161 e. The average molecular weight is 299 g/mol. The summed E-state index contributed by atoms with van der Waals surface area (Å²) in [4.78, 5) is 2.62. The van der Waals surface area contributed by atoms with E-state index in [0.29, 0.717) is 18.6 Å². The highest BCUT2D eigenvalue weighted by atomic mass is 16.6. The maximum atomic E-state index is 5.89. The molecule has 1 saturated carbocycles. The van der Waals surface area contributed by atoms with Crippen LogP contribution in [0.15, 0.2) is 12.1 Å². The van der Waals surface area contributed by atoms with Crippen molar-refractivity contribution in [1.82, 2.24) is 4.90 Å². The molecule has 1 aromatic carbocycles. The molecule has 4 aliphatic rings. The van der Waals surface area contributed by atoms with Crippen molar-refractivity contribution < 1.29 is 9.47 Å². The molecule has 118 valence electrons. The van der Waals surface area contributed by atoms with Crippen LogP contribution in [0.5, 0.6) is 11.5 Å². The molecule has 1 aromatic rings. The first-order valence-electron chi connectivity index (χ1n) is 8.91. The van der Waals surface area contributed by atoms with Crippen molar-refractivity contribution in [3.8, 4) is 11.5 Å². The van der Waals surface area contributed by atoms with Crippen LogP contribution in [0, 0.1) is 5.92 Å². The Morgan fingerprint density at radius 1 is 1.09 bits per heavy atom. The van der Waals surface area contributed by atoms with Gasteiger partial charge in [0.25, 0.3) is 0 Å². The summed E-state index contributed by atoms with van der Waals surface area (Å²) in [5.41, 5.74) is 3.54. The Hall–Kier alpha value is -1.22. The fourth-order valence-corrected chi connectivity index (χ4v) is 5.74. The first-order valence-corrected chi connectivity index (χ1v) is 8.91. The molecule has 3 atom stereocenters. The molecule has 2 aliphatic heterocycles. The highest BCUT2D eigenvalue weighted by Gasteiger charge is 2.53. The molecular formula is C19H25NO2. The van der Waals surface area contributed by atoms with Crippen LogP contribution in [0.2, 0.25) is 0 Å². The third kappa shape index (κ3) is 1.66. The second kappa shape index (κ2) is 4.64. The molecule has 2 bridgehead atoms. The van der Waals surface area contributed by atoms with Crippen molar-refractivity contribution in [2.24, 2.45) is 5.92 Å². The van der Waals surface area contributed by atoms with E-state index in [2.05, 4.69) is 24.1 Å². The van der Waals surface area contributed by atoms with Gasteiger partial charge < -0.3 is 14.4 Å². The zero-order chi connectivity index (χ0) is 14.7. The summed E-state index contributed by atoms with van der Waals surface area (Å²) in [5.74, 6) is 2.80. The van der Waals surface area contributed by atoms with E-state index in [1.807, 2.05) is 0 Å². The van der Waals surface area contributed by atoms with Gasteiger partial charge in [0.05, 0.1) is 0 Å². The van der Waals surface area contributed by atoms with Crippen molar-refractivity contribution in [2.75, 3.05) is 26.8 Å². The van der Waals surface area contributed by atoms with Gasteiger partial charge in [-0.1, -0.05) is 12.8 Å². The van der Waals surface area contributed by atoms with Crippen molar-refractivity contribution >= 4 is 0 Å². The van der Waals surface area contributed by atoms with Gasteiger partial charge in [-0.3, -0.25) is 0 Å². The Labute approximate surface area is 132 Å². The lowest BCUT2D eigenvalue weighted by Gasteiger charge is -2.58. The van der Waals surface area contributed by atoms with E-state index in [4.69, 9.17) is 9.47 Å². The molecule has 1 saturated heterocycles.